The van der Waals surface area contributed by atoms with E-state index in [2.05, 4.69) is 10.4 Å². The molecule has 4 aliphatic carbocycles. The van der Waals surface area contributed by atoms with E-state index in [9.17, 15) is 9.18 Å². The first-order chi connectivity index (χ1) is 18.0. The Kier molecular flexibility index (Phi) is 5.27. The third kappa shape index (κ3) is 4.16. The molecule has 0 spiro atoms. The highest BCUT2D eigenvalue weighted by Gasteiger charge is 2.53. The molecule has 0 atom stereocenters. The number of nitrogens with zero attached hydrogens (tertiary/aromatic N) is 4. The Morgan fingerprint density at radius 1 is 0.973 bits per heavy atom. The van der Waals surface area contributed by atoms with Gasteiger partial charge in [0.15, 0.2) is 0 Å². The first kappa shape index (κ1) is 22.5. The van der Waals surface area contributed by atoms with Gasteiger partial charge < -0.3 is 5.32 Å². The van der Waals surface area contributed by atoms with Crippen molar-refractivity contribution in [2.24, 2.45) is 17.8 Å². The fourth-order valence-corrected chi connectivity index (χ4v) is 7.58. The van der Waals surface area contributed by atoms with Crippen LogP contribution in [0, 0.1) is 23.6 Å². The minimum Gasteiger partial charge on any atom is -0.319 e. The maximum absolute atomic E-state index is 13.7. The van der Waals surface area contributed by atoms with Gasteiger partial charge in [-0.2, -0.15) is 10.2 Å². The van der Waals surface area contributed by atoms with Crippen LogP contribution in [0.3, 0.4) is 0 Å². The molecule has 188 valence electrons. The van der Waals surface area contributed by atoms with Crippen molar-refractivity contribution in [3.05, 3.63) is 95.8 Å². The van der Waals surface area contributed by atoms with Crippen molar-refractivity contribution < 1.29 is 9.18 Å². The Hall–Kier alpha value is -3.74. The molecule has 0 unspecified atom stereocenters. The number of amides is 1. The summed E-state index contributed by atoms with van der Waals surface area (Å²) in [7, 11) is 0. The molecule has 4 aromatic rings. The van der Waals surface area contributed by atoms with Crippen LogP contribution >= 0.6 is 0 Å². The predicted molar refractivity (Wildman–Crippen MR) is 139 cm³/mol. The zero-order valence-corrected chi connectivity index (χ0v) is 20.7. The Morgan fingerprint density at radius 3 is 2.41 bits per heavy atom. The van der Waals surface area contributed by atoms with E-state index in [1.807, 2.05) is 47.3 Å². The van der Waals surface area contributed by atoms with Gasteiger partial charge in [-0.1, -0.05) is 30.3 Å². The molecule has 2 aromatic heterocycles. The van der Waals surface area contributed by atoms with Crippen LogP contribution in [0.2, 0.25) is 0 Å². The van der Waals surface area contributed by atoms with Gasteiger partial charge in [-0.25, -0.2) is 9.07 Å². The molecular formula is C30H30FN5O. The molecule has 1 amide bonds. The summed E-state index contributed by atoms with van der Waals surface area (Å²) in [5.41, 5.74) is 3.99. The molecular weight excluding hydrogens is 465 g/mol. The number of rotatable bonds is 6. The van der Waals surface area contributed by atoms with Crippen molar-refractivity contribution in [2.45, 2.75) is 50.5 Å². The average molecular weight is 496 g/mol. The van der Waals surface area contributed by atoms with Crippen molar-refractivity contribution >= 4 is 11.6 Å². The third-order valence-corrected chi connectivity index (χ3v) is 8.64. The van der Waals surface area contributed by atoms with E-state index in [0.29, 0.717) is 17.8 Å². The predicted octanol–water partition coefficient (Wildman–Crippen LogP) is 5.98. The van der Waals surface area contributed by atoms with E-state index >= 15 is 0 Å². The molecule has 37 heavy (non-hydrogen) atoms. The molecule has 7 heteroatoms. The second-order valence-corrected chi connectivity index (χ2v) is 11.4. The minimum absolute atomic E-state index is 0.0109. The summed E-state index contributed by atoms with van der Waals surface area (Å²) in [6, 6.07) is 16.5. The zero-order valence-electron chi connectivity index (χ0n) is 20.7. The maximum Gasteiger partial charge on any atom is 0.259 e. The number of benzene rings is 2. The van der Waals surface area contributed by atoms with Crippen LogP contribution in [0.5, 0.6) is 0 Å². The van der Waals surface area contributed by atoms with Crippen molar-refractivity contribution in [1.29, 1.82) is 0 Å². The number of nitrogens with one attached hydrogen (secondary N) is 1. The van der Waals surface area contributed by atoms with Crippen LogP contribution in [0.1, 0.15) is 60.1 Å². The summed E-state index contributed by atoms with van der Waals surface area (Å²) < 4.78 is 17.1. The molecule has 0 radical (unpaired) electrons. The largest absolute Gasteiger partial charge is 0.319 e. The summed E-state index contributed by atoms with van der Waals surface area (Å²) in [4.78, 5) is 13.7. The molecule has 8 rings (SSSR count). The van der Waals surface area contributed by atoms with Crippen LogP contribution < -0.4 is 5.32 Å². The summed E-state index contributed by atoms with van der Waals surface area (Å²) in [6.45, 7) is 0.429. The number of hydrogen-bond donors (Lipinski definition) is 1. The number of hydrogen-bond acceptors (Lipinski definition) is 3. The van der Waals surface area contributed by atoms with Crippen LogP contribution in [-0.2, 0) is 12.0 Å². The van der Waals surface area contributed by atoms with E-state index in [0.717, 1.165) is 54.0 Å². The topological polar surface area (TPSA) is 64.7 Å². The summed E-state index contributed by atoms with van der Waals surface area (Å²) in [5.74, 6) is 1.84. The monoisotopic (exact) mass is 495 g/mol. The van der Waals surface area contributed by atoms with Gasteiger partial charge in [-0.3, -0.25) is 9.48 Å². The van der Waals surface area contributed by atoms with Gasteiger partial charge in [0, 0.05) is 17.8 Å². The Balaban J connectivity index is 1.19. The van der Waals surface area contributed by atoms with Crippen LogP contribution in [0.4, 0.5) is 10.1 Å². The number of carbonyl (C=O) groups is 1. The van der Waals surface area contributed by atoms with Crippen molar-refractivity contribution in [2.75, 3.05) is 5.32 Å². The van der Waals surface area contributed by atoms with Crippen LogP contribution in [0.25, 0.3) is 5.69 Å². The van der Waals surface area contributed by atoms with Crippen LogP contribution in [0.15, 0.2) is 73.2 Å². The van der Waals surface area contributed by atoms with Crippen molar-refractivity contribution in [3.63, 3.8) is 0 Å². The number of aromatic nitrogens is 4. The lowest BCUT2D eigenvalue weighted by Crippen LogP contribution is -2.49. The lowest BCUT2D eigenvalue weighted by atomic mass is 9.48. The number of anilines is 1. The molecule has 6 nitrogen and oxygen atoms in total. The minimum atomic E-state index is -0.272. The normalized spacial score (nSPS) is 25.9. The SMILES string of the molecule is O=C(Nc1cnn(Cc2cccc(F)c2)c1)c1cn(-c2ccccc2)nc1C12CC3CC(CC(C3)C1)C2. The van der Waals surface area contributed by atoms with E-state index in [1.165, 1.54) is 31.4 Å². The fraction of sp³-hybridized carbons (Fsp3) is 0.367. The molecule has 4 fully saturated rings. The summed E-state index contributed by atoms with van der Waals surface area (Å²) in [5, 5.41) is 12.5. The second kappa shape index (κ2) is 8.68. The first-order valence-corrected chi connectivity index (χ1v) is 13.3. The fourth-order valence-electron chi connectivity index (χ4n) is 7.58. The molecule has 0 aliphatic heterocycles. The lowest BCUT2D eigenvalue weighted by molar-refractivity contribution is -0.00765. The van der Waals surface area contributed by atoms with Gasteiger partial charge >= 0.3 is 0 Å². The Bertz CT molecular complexity index is 1420. The highest BCUT2D eigenvalue weighted by atomic mass is 19.1. The molecule has 4 aliphatic rings. The van der Waals surface area contributed by atoms with E-state index < -0.39 is 0 Å². The van der Waals surface area contributed by atoms with Gasteiger partial charge in [0.25, 0.3) is 5.91 Å². The number of para-hydroxylation sites is 1. The lowest BCUT2D eigenvalue weighted by Gasteiger charge is -2.56. The number of carbonyl (C=O) groups excluding carboxylic acids is 1. The first-order valence-electron chi connectivity index (χ1n) is 13.3. The smallest absolute Gasteiger partial charge is 0.259 e. The van der Waals surface area contributed by atoms with E-state index in [-0.39, 0.29) is 17.1 Å². The standard InChI is InChI=1S/C30H30FN5O/c31-24-6-4-5-20(12-24)17-35-18-25(16-32-35)33-29(37)27-19-36(26-7-2-1-3-8-26)34-28(27)30-13-21-9-22(14-30)11-23(10-21)15-30/h1-8,12,16,18-19,21-23H,9-11,13-15,17H2,(H,33,37). The molecule has 1 N–H and O–H groups in total. The maximum atomic E-state index is 13.7. The van der Waals surface area contributed by atoms with Gasteiger partial charge in [0.1, 0.15) is 5.82 Å². The van der Waals surface area contributed by atoms with Gasteiger partial charge in [0.05, 0.1) is 35.4 Å². The number of halogens is 1. The van der Waals surface area contributed by atoms with Gasteiger partial charge in [-0.15, -0.1) is 0 Å². The highest BCUT2D eigenvalue weighted by molar-refractivity contribution is 6.05. The Labute approximate surface area is 215 Å². The van der Waals surface area contributed by atoms with Gasteiger partial charge in [-0.05, 0) is 86.1 Å². The average Bonchev–Trinajstić information content (AvgIpc) is 3.52. The second-order valence-electron chi connectivity index (χ2n) is 11.4. The van der Waals surface area contributed by atoms with E-state index in [1.54, 1.807) is 23.1 Å². The highest BCUT2D eigenvalue weighted by Crippen LogP contribution is 2.60. The summed E-state index contributed by atoms with van der Waals surface area (Å²) >= 11 is 0. The van der Waals surface area contributed by atoms with Crippen molar-refractivity contribution in [3.8, 4) is 5.69 Å². The van der Waals surface area contributed by atoms with E-state index in [4.69, 9.17) is 5.10 Å². The van der Waals surface area contributed by atoms with Crippen molar-refractivity contribution in [1.82, 2.24) is 19.6 Å². The molecule has 4 saturated carbocycles. The third-order valence-electron chi connectivity index (χ3n) is 8.64. The zero-order chi connectivity index (χ0) is 25.0. The molecule has 4 bridgehead atoms. The molecule has 2 aromatic carbocycles. The van der Waals surface area contributed by atoms with Crippen LogP contribution in [-0.4, -0.2) is 25.5 Å². The Morgan fingerprint density at radius 2 is 1.70 bits per heavy atom. The molecule has 2 heterocycles. The summed E-state index contributed by atoms with van der Waals surface area (Å²) in [6.07, 6.45) is 12.7. The molecule has 0 saturated heterocycles. The van der Waals surface area contributed by atoms with Gasteiger partial charge in [0.2, 0.25) is 0 Å². The quantitative estimate of drug-likeness (QED) is 0.358.